The maximum Gasteiger partial charge on any atom is 0.352 e. The summed E-state index contributed by atoms with van der Waals surface area (Å²) in [6, 6.07) is 6.47. The average molecular weight is 264 g/mol. The number of aliphatic hydroxyl groups is 2. The number of carboxylic acids is 1. The molecule has 1 aromatic carbocycles. The molecule has 6 N–H and O–H groups in total. The smallest absolute Gasteiger partial charge is 0.352 e. The zero-order valence-corrected chi connectivity index (χ0v) is 10.2. The second-order valence-electron chi connectivity index (χ2n) is 4.42. The van der Waals surface area contributed by atoms with Crippen LogP contribution in [-0.4, -0.2) is 38.9 Å². The van der Waals surface area contributed by atoms with Crippen LogP contribution in [0.15, 0.2) is 24.3 Å². The molecule has 0 amide bonds. The molecule has 0 radical (unpaired) electrons. The van der Waals surface area contributed by atoms with Gasteiger partial charge in [-0.3, -0.25) is 0 Å². The molecule has 6 heteroatoms. The van der Waals surface area contributed by atoms with Crippen LogP contribution in [0.5, 0.6) is 0 Å². The molecule has 0 aliphatic carbocycles. The number of aromatic amines is 1. The van der Waals surface area contributed by atoms with Crippen molar-refractivity contribution in [2.24, 2.45) is 5.73 Å². The zero-order valence-electron chi connectivity index (χ0n) is 10.2. The number of rotatable bonds is 5. The van der Waals surface area contributed by atoms with E-state index in [-0.39, 0.29) is 12.2 Å². The minimum atomic E-state index is -1.04. The summed E-state index contributed by atoms with van der Waals surface area (Å²) in [4.78, 5) is 13.6. The van der Waals surface area contributed by atoms with Crippen LogP contribution in [0, 0.1) is 0 Å². The normalized spacial score (nSPS) is 14.5. The number of H-pyrrole nitrogens is 1. The second kappa shape index (κ2) is 5.40. The van der Waals surface area contributed by atoms with Crippen LogP contribution in [-0.2, 0) is 0 Å². The highest BCUT2D eigenvalue weighted by atomic mass is 16.4. The van der Waals surface area contributed by atoms with E-state index in [4.69, 9.17) is 10.8 Å². The highest BCUT2D eigenvalue weighted by molar-refractivity contribution is 5.93. The average Bonchev–Trinajstić information content (AvgIpc) is 2.81. The van der Waals surface area contributed by atoms with Gasteiger partial charge in [-0.25, -0.2) is 4.79 Å². The van der Waals surface area contributed by atoms with Gasteiger partial charge in [0, 0.05) is 10.9 Å². The summed E-state index contributed by atoms with van der Waals surface area (Å²) in [6.07, 6.45) is -1.66. The number of nitrogens with one attached hydrogen (secondary N) is 1. The van der Waals surface area contributed by atoms with Crippen LogP contribution in [0.2, 0.25) is 0 Å². The van der Waals surface area contributed by atoms with Crippen molar-refractivity contribution in [3.63, 3.8) is 0 Å². The molecule has 19 heavy (non-hydrogen) atoms. The van der Waals surface area contributed by atoms with Gasteiger partial charge >= 0.3 is 5.97 Å². The van der Waals surface area contributed by atoms with E-state index < -0.39 is 18.2 Å². The summed E-state index contributed by atoms with van der Waals surface area (Å²) in [5.41, 5.74) is 6.62. The Morgan fingerprint density at radius 2 is 2.05 bits per heavy atom. The van der Waals surface area contributed by atoms with Gasteiger partial charge in [0.15, 0.2) is 0 Å². The predicted octanol–water partition coefficient (Wildman–Crippen LogP) is 0.609. The third-order valence-electron chi connectivity index (χ3n) is 3.04. The van der Waals surface area contributed by atoms with E-state index in [1.807, 2.05) is 0 Å². The van der Waals surface area contributed by atoms with E-state index in [0.717, 1.165) is 0 Å². The van der Waals surface area contributed by atoms with Gasteiger partial charge in [0.05, 0.1) is 6.10 Å². The highest BCUT2D eigenvalue weighted by Gasteiger charge is 2.18. The number of carbonyl (C=O) groups is 1. The van der Waals surface area contributed by atoms with Crippen LogP contribution in [0.25, 0.3) is 10.9 Å². The fraction of sp³-hybridized carbons (Fsp3) is 0.308. The fourth-order valence-corrected chi connectivity index (χ4v) is 2.00. The molecule has 0 bridgehead atoms. The molecular weight excluding hydrogens is 248 g/mol. The quantitative estimate of drug-likeness (QED) is 0.542. The molecule has 0 aliphatic heterocycles. The Morgan fingerprint density at radius 3 is 2.68 bits per heavy atom. The summed E-state index contributed by atoms with van der Waals surface area (Å²) < 4.78 is 0. The van der Waals surface area contributed by atoms with Crippen molar-refractivity contribution >= 4 is 16.9 Å². The van der Waals surface area contributed by atoms with Crippen molar-refractivity contribution in [2.75, 3.05) is 6.54 Å². The first kappa shape index (κ1) is 13.5. The summed E-state index contributed by atoms with van der Waals surface area (Å²) in [6.45, 7) is 0.286. The van der Waals surface area contributed by atoms with Gasteiger partial charge in [-0.2, -0.15) is 0 Å². The van der Waals surface area contributed by atoms with Crippen molar-refractivity contribution < 1.29 is 20.1 Å². The van der Waals surface area contributed by atoms with Gasteiger partial charge in [-0.05, 0) is 36.7 Å². The number of benzene rings is 1. The Hall–Kier alpha value is -1.89. The molecule has 0 fully saturated rings. The van der Waals surface area contributed by atoms with Crippen molar-refractivity contribution in [3.05, 3.63) is 35.5 Å². The number of aliphatic hydroxyl groups excluding tert-OH is 2. The van der Waals surface area contributed by atoms with E-state index in [1.54, 1.807) is 18.2 Å². The number of aromatic nitrogens is 1. The fourth-order valence-electron chi connectivity index (χ4n) is 2.00. The standard InChI is InChI=1S/C13H16N2O4/c14-4-3-11(16)12(17)7-1-2-9-8(5-7)6-10(15-9)13(18)19/h1-2,5-6,11-12,15-17H,3-4,14H2,(H,18,19). The number of hydrogen-bond acceptors (Lipinski definition) is 4. The van der Waals surface area contributed by atoms with Crippen LogP contribution < -0.4 is 5.73 Å². The van der Waals surface area contributed by atoms with Crippen molar-refractivity contribution in [1.82, 2.24) is 4.98 Å². The highest BCUT2D eigenvalue weighted by Crippen LogP contribution is 2.24. The molecular formula is C13H16N2O4. The number of fused-ring (bicyclic) bond motifs is 1. The molecule has 0 saturated heterocycles. The van der Waals surface area contributed by atoms with Gasteiger partial charge in [-0.15, -0.1) is 0 Å². The molecule has 0 spiro atoms. The molecule has 1 heterocycles. The molecule has 2 rings (SSSR count). The minimum absolute atomic E-state index is 0.0872. The van der Waals surface area contributed by atoms with Gasteiger partial charge in [0.25, 0.3) is 0 Å². The van der Waals surface area contributed by atoms with Gasteiger partial charge < -0.3 is 26.0 Å². The SMILES string of the molecule is NCCC(O)C(O)c1ccc2[nH]c(C(=O)O)cc2c1. The Labute approximate surface area is 109 Å². The van der Waals surface area contributed by atoms with Crippen LogP contribution in [0.1, 0.15) is 28.6 Å². The molecule has 0 aliphatic rings. The molecule has 0 saturated carbocycles. The second-order valence-corrected chi connectivity index (χ2v) is 4.42. The van der Waals surface area contributed by atoms with Crippen molar-refractivity contribution in [3.8, 4) is 0 Å². The molecule has 2 unspecified atom stereocenters. The van der Waals surface area contributed by atoms with Gasteiger partial charge in [0.2, 0.25) is 0 Å². The number of aromatic carboxylic acids is 1. The Kier molecular flexibility index (Phi) is 3.84. The molecule has 2 atom stereocenters. The lowest BCUT2D eigenvalue weighted by Crippen LogP contribution is -2.21. The van der Waals surface area contributed by atoms with E-state index in [2.05, 4.69) is 4.98 Å². The molecule has 102 valence electrons. The lowest BCUT2D eigenvalue weighted by Gasteiger charge is -2.17. The van der Waals surface area contributed by atoms with Crippen molar-refractivity contribution in [2.45, 2.75) is 18.6 Å². The molecule has 1 aromatic heterocycles. The van der Waals surface area contributed by atoms with Crippen LogP contribution >= 0.6 is 0 Å². The van der Waals surface area contributed by atoms with E-state index in [1.165, 1.54) is 6.07 Å². The number of carboxylic acid groups (broad SMARTS) is 1. The lowest BCUT2D eigenvalue weighted by molar-refractivity contribution is 0.0151. The third kappa shape index (κ3) is 2.76. The first-order valence-corrected chi connectivity index (χ1v) is 5.95. The maximum absolute atomic E-state index is 10.8. The summed E-state index contributed by atoms with van der Waals surface area (Å²) in [5, 5.41) is 29.2. The summed E-state index contributed by atoms with van der Waals surface area (Å²) in [7, 11) is 0. The van der Waals surface area contributed by atoms with E-state index >= 15 is 0 Å². The van der Waals surface area contributed by atoms with Crippen molar-refractivity contribution in [1.29, 1.82) is 0 Å². The summed E-state index contributed by atoms with van der Waals surface area (Å²) in [5.74, 6) is -1.04. The van der Waals surface area contributed by atoms with Crippen LogP contribution in [0.4, 0.5) is 0 Å². The topological polar surface area (TPSA) is 120 Å². The van der Waals surface area contributed by atoms with Gasteiger partial charge in [0.1, 0.15) is 11.8 Å². The van der Waals surface area contributed by atoms with Crippen LogP contribution in [0.3, 0.4) is 0 Å². The Morgan fingerprint density at radius 1 is 1.32 bits per heavy atom. The minimum Gasteiger partial charge on any atom is -0.477 e. The molecule has 2 aromatic rings. The largest absolute Gasteiger partial charge is 0.477 e. The monoisotopic (exact) mass is 264 g/mol. The maximum atomic E-state index is 10.8. The molecule has 6 nitrogen and oxygen atoms in total. The first-order valence-electron chi connectivity index (χ1n) is 5.95. The Balaban J connectivity index is 2.32. The third-order valence-corrected chi connectivity index (χ3v) is 3.04. The number of nitrogens with two attached hydrogens (primary N) is 1. The lowest BCUT2D eigenvalue weighted by atomic mass is 10.0. The van der Waals surface area contributed by atoms with E-state index in [9.17, 15) is 15.0 Å². The predicted molar refractivity (Wildman–Crippen MR) is 69.9 cm³/mol. The van der Waals surface area contributed by atoms with Gasteiger partial charge in [-0.1, -0.05) is 6.07 Å². The number of hydrogen-bond donors (Lipinski definition) is 5. The first-order chi connectivity index (χ1) is 9.02. The zero-order chi connectivity index (χ0) is 14.0. The Bertz CT molecular complexity index is 593. The summed E-state index contributed by atoms with van der Waals surface area (Å²) >= 11 is 0. The van der Waals surface area contributed by atoms with E-state index in [0.29, 0.717) is 22.9 Å².